The second kappa shape index (κ2) is 6.35. The van der Waals surface area contributed by atoms with Crippen molar-refractivity contribution in [1.82, 2.24) is 4.98 Å². The van der Waals surface area contributed by atoms with E-state index in [1.165, 1.54) is 0 Å². The molecule has 0 saturated carbocycles. The number of rotatable bonds is 6. The molecule has 1 rings (SSSR count). The molecule has 0 aliphatic carbocycles. The molecule has 1 aromatic heterocycles. The maximum absolute atomic E-state index is 11.3. The standard InChI is InChI=1S/C13H20N2O3/c1-4-5-15(6-7-16)12-11(13(17)18)9(2)8-10(3)14-12/h8,16H,4-7H2,1-3H3,(H,17,18). The van der Waals surface area contributed by atoms with Crippen LogP contribution in [0.25, 0.3) is 0 Å². The molecule has 0 atom stereocenters. The number of aromatic nitrogens is 1. The number of anilines is 1. The van der Waals surface area contributed by atoms with Crippen molar-refractivity contribution >= 4 is 11.8 Å². The molecule has 0 aromatic carbocycles. The zero-order valence-electron chi connectivity index (χ0n) is 11.1. The first-order valence-electron chi connectivity index (χ1n) is 6.08. The van der Waals surface area contributed by atoms with Crippen LogP contribution < -0.4 is 4.90 Å². The number of hydrogen-bond acceptors (Lipinski definition) is 4. The number of aryl methyl sites for hydroxylation is 2. The number of pyridine rings is 1. The van der Waals surface area contributed by atoms with Gasteiger partial charge in [0, 0.05) is 18.8 Å². The summed E-state index contributed by atoms with van der Waals surface area (Å²) in [7, 11) is 0. The number of aromatic carboxylic acids is 1. The summed E-state index contributed by atoms with van der Waals surface area (Å²) in [6.07, 6.45) is 0.869. The lowest BCUT2D eigenvalue weighted by atomic mass is 10.1. The molecular weight excluding hydrogens is 232 g/mol. The normalized spacial score (nSPS) is 10.4. The van der Waals surface area contributed by atoms with Gasteiger partial charge in [-0.25, -0.2) is 9.78 Å². The fraction of sp³-hybridized carbons (Fsp3) is 0.538. The van der Waals surface area contributed by atoms with Gasteiger partial charge in [0.15, 0.2) is 0 Å². The van der Waals surface area contributed by atoms with Crippen LogP contribution in [-0.2, 0) is 0 Å². The number of aliphatic hydroxyl groups is 1. The summed E-state index contributed by atoms with van der Waals surface area (Å²) < 4.78 is 0. The minimum Gasteiger partial charge on any atom is -0.478 e. The molecule has 100 valence electrons. The van der Waals surface area contributed by atoms with E-state index in [0.29, 0.717) is 24.5 Å². The van der Waals surface area contributed by atoms with Gasteiger partial charge in [-0.2, -0.15) is 0 Å². The van der Waals surface area contributed by atoms with Gasteiger partial charge in [-0.15, -0.1) is 0 Å². The Bertz CT molecular complexity index is 426. The molecule has 0 amide bonds. The van der Waals surface area contributed by atoms with Gasteiger partial charge in [0.05, 0.1) is 6.61 Å². The average Bonchev–Trinajstić information content (AvgIpc) is 2.26. The fourth-order valence-corrected chi connectivity index (χ4v) is 2.02. The molecule has 0 fully saturated rings. The van der Waals surface area contributed by atoms with E-state index in [4.69, 9.17) is 5.11 Å². The van der Waals surface area contributed by atoms with Crippen molar-refractivity contribution < 1.29 is 15.0 Å². The van der Waals surface area contributed by atoms with Crippen molar-refractivity contribution in [2.75, 3.05) is 24.6 Å². The Kier molecular flexibility index (Phi) is 5.09. The highest BCUT2D eigenvalue weighted by Crippen LogP contribution is 2.22. The number of hydrogen-bond donors (Lipinski definition) is 2. The van der Waals surface area contributed by atoms with Gasteiger partial charge in [0.2, 0.25) is 0 Å². The Hall–Kier alpha value is -1.62. The first-order chi connectivity index (χ1) is 8.51. The summed E-state index contributed by atoms with van der Waals surface area (Å²) in [4.78, 5) is 17.5. The highest BCUT2D eigenvalue weighted by Gasteiger charge is 2.20. The van der Waals surface area contributed by atoms with Gasteiger partial charge < -0.3 is 15.1 Å². The van der Waals surface area contributed by atoms with E-state index in [9.17, 15) is 9.90 Å². The largest absolute Gasteiger partial charge is 0.478 e. The lowest BCUT2D eigenvalue weighted by molar-refractivity contribution is 0.0696. The van der Waals surface area contributed by atoms with Crippen LogP contribution in [0.3, 0.4) is 0 Å². The quantitative estimate of drug-likeness (QED) is 0.804. The van der Waals surface area contributed by atoms with E-state index in [0.717, 1.165) is 12.1 Å². The third-order valence-corrected chi connectivity index (χ3v) is 2.70. The Morgan fingerprint density at radius 2 is 2.06 bits per heavy atom. The Labute approximate surface area is 107 Å². The smallest absolute Gasteiger partial charge is 0.339 e. The lowest BCUT2D eigenvalue weighted by Crippen LogP contribution is -2.30. The van der Waals surface area contributed by atoms with Crippen molar-refractivity contribution in [2.45, 2.75) is 27.2 Å². The van der Waals surface area contributed by atoms with Crippen LogP contribution in [0.15, 0.2) is 6.07 Å². The topological polar surface area (TPSA) is 73.7 Å². The van der Waals surface area contributed by atoms with Gasteiger partial charge in [-0.1, -0.05) is 6.92 Å². The van der Waals surface area contributed by atoms with Crippen molar-refractivity contribution in [3.05, 3.63) is 22.9 Å². The van der Waals surface area contributed by atoms with Gasteiger partial charge in [0.1, 0.15) is 11.4 Å². The second-order valence-corrected chi connectivity index (χ2v) is 4.29. The molecule has 0 bridgehead atoms. The van der Waals surface area contributed by atoms with E-state index >= 15 is 0 Å². The third-order valence-electron chi connectivity index (χ3n) is 2.70. The molecule has 0 spiro atoms. The van der Waals surface area contributed by atoms with Crippen molar-refractivity contribution in [3.63, 3.8) is 0 Å². The van der Waals surface area contributed by atoms with Crippen LogP contribution in [-0.4, -0.2) is 40.9 Å². The summed E-state index contributed by atoms with van der Waals surface area (Å²) >= 11 is 0. The molecule has 0 radical (unpaired) electrons. The fourth-order valence-electron chi connectivity index (χ4n) is 2.02. The number of carbonyl (C=O) groups is 1. The van der Waals surface area contributed by atoms with Crippen LogP contribution in [0.1, 0.15) is 35.0 Å². The molecule has 0 aliphatic heterocycles. The molecule has 0 saturated heterocycles. The minimum atomic E-state index is -0.978. The second-order valence-electron chi connectivity index (χ2n) is 4.29. The monoisotopic (exact) mass is 252 g/mol. The summed E-state index contributed by atoms with van der Waals surface area (Å²) in [5.41, 5.74) is 1.71. The predicted molar refractivity (Wildman–Crippen MR) is 70.3 cm³/mol. The molecule has 0 unspecified atom stereocenters. The molecule has 5 nitrogen and oxygen atoms in total. The van der Waals surface area contributed by atoms with E-state index in [1.54, 1.807) is 13.0 Å². The maximum atomic E-state index is 11.3. The summed E-state index contributed by atoms with van der Waals surface area (Å²) in [5, 5.41) is 18.4. The van der Waals surface area contributed by atoms with Gasteiger partial charge in [0.25, 0.3) is 0 Å². The molecule has 0 aliphatic rings. The zero-order chi connectivity index (χ0) is 13.7. The molecule has 1 heterocycles. The van der Waals surface area contributed by atoms with E-state index in [2.05, 4.69) is 4.98 Å². The molecular formula is C13H20N2O3. The van der Waals surface area contributed by atoms with Crippen molar-refractivity contribution in [3.8, 4) is 0 Å². The summed E-state index contributed by atoms with van der Waals surface area (Å²) in [6, 6.07) is 1.76. The Balaban J connectivity index is 3.29. The molecule has 5 heteroatoms. The van der Waals surface area contributed by atoms with Gasteiger partial charge >= 0.3 is 5.97 Å². The highest BCUT2D eigenvalue weighted by atomic mass is 16.4. The number of nitrogens with zero attached hydrogens (tertiary/aromatic N) is 2. The first kappa shape index (κ1) is 14.4. The SMILES string of the molecule is CCCN(CCO)c1nc(C)cc(C)c1C(=O)O. The first-order valence-corrected chi connectivity index (χ1v) is 6.08. The summed E-state index contributed by atoms with van der Waals surface area (Å²) in [5.74, 6) is -0.523. The molecule has 1 aromatic rings. The number of carboxylic acid groups (broad SMARTS) is 1. The van der Waals surface area contributed by atoms with Crippen LogP contribution in [0.4, 0.5) is 5.82 Å². The Morgan fingerprint density at radius 3 is 2.56 bits per heavy atom. The number of carboxylic acids is 1. The predicted octanol–water partition coefficient (Wildman–Crippen LogP) is 1.61. The van der Waals surface area contributed by atoms with Crippen LogP contribution in [0.5, 0.6) is 0 Å². The van der Waals surface area contributed by atoms with E-state index in [-0.39, 0.29) is 12.2 Å². The lowest BCUT2D eigenvalue weighted by Gasteiger charge is -2.24. The van der Waals surface area contributed by atoms with Crippen molar-refractivity contribution in [1.29, 1.82) is 0 Å². The van der Waals surface area contributed by atoms with Crippen LogP contribution in [0, 0.1) is 13.8 Å². The van der Waals surface area contributed by atoms with E-state index < -0.39 is 5.97 Å². The highest BCUT2D eigenvalue weighted by molar-refractivity contribution is 5.95. The molecule has 2 N–H and O–H groups in total. The molecule has 18 heavy (non-hydrogen) atoms. The van der Waals surface area contributed by atoms with E-state index in [1.807, 2.05) is 18.7 Å². The number of aliphatic hydroxyl groups excluding tert-OH is 1. The maximum Gasteiger partial charge on any atom is 0.339 e. The van der Waals surface area contributed by atoms with Gasteiger partial charge in [-0.3, -0.25) is 0 Å². The van der Waals surface area contributed by atoms with Crippen molar-refractivity contribution in [2.24, 2.45) is 0 Å². The van der Waals surface area contributed by atoms with Crippen LogP contribution >= 0.6 is 0 Å². The zero-order valence-corrected chi connectivity index (χ0v) is 11.1. The summed E-state index contributed by atoms with van der Waals surface area (Å²) in [6.45, 7) is 6.66. The van der Waals surface area contributed by atoms with Gasteiger partial charge in [-0.05, 0) is 31.9 Å². The Morgan fingerprint density at radius 1 is 1.39 bits per heavy atom. The van der Waals surface area contributed by atoms with Crippen LogP contribution in [0.2, 0.25) is 0 Å². The third kappa shape index (κ3) is 3.20. The minimum absolute atomic E-state index is 0.0201. The average molecular weight is 252 g/mol.